The van der Waals surface area contributed by atoms with Crippen molar-refractivity contribution in [3.05, 3.63) is 46.3 Å². The molecule has 3 aromatic rings. The third-order valence-corrected chi connectivity index (χ3v) is 4.62. The van der Waals surface area contributed by atoms with Crippen molar-refractivity contribution in [3.63, 3.8) is 0 Å². The minimum atomic E-state index is -0.564. The van der Waals surface area contributed by atoms with Gasteiger partial charge in [-0.15, -0.1) is 0 Å². The highest BCUT2D eigenvalue weighted by Gasteiger charge is 2.17. The zero-order valence-corrected chi connectivity index (χ0v) is 14.6. The first kappa shape index (κ1) is 17.0. The molecule has 9 heteroatoms. The molecule has 0 unspecified atom stereocenters. The summed E-state index contributed by atoms with van der Waals surface area (Å²) in [5.41, 5.74) is 1.11. The maximum atomic E-state index is 14.2. The molecule has 0 spiro atoms. The van der Waals surface area contributed by atoms with Crippen LogP contribution in [0.15, 0.2) is 29.4 Å². The van der Waals surface area contributed by atoms with Gasteiger partial charge in [0.1, 0.15) is 12.4 Å². The van der Waals surface area contributed by atoms with E-state index in [1.54, 1.807) is 32.3 Å². The number of aromatic nitrogens is 3. The predicted molar refractivity (Wildman–Crippen MR) is 89.6 cm³/mol. The molecule has 1 aromatic carbocycles. The molecule has 0 atom stereocenters. The Morgan fingerprint density at radius 1 is 1.40 bits per heavy atom. The summed E-state index contributed by atoms with van der Waals surface area (Å²) in [4.78, 5) is 28.4. The van der Waals surface area contributed by atoms with E-state index in [9.17, 15) is 14.0 Å². The van der Waals surface area contributed by atoms with Crippen LogP contribution in [0.25, 0.3) is 10.2 Å². The van der Waals surface area contributed by atoms with Crippen LogP contribution in [0.4, 0.5) is 4.39 Å². The van der Waals surface area contributed by atoms with Gasteiger partial charge in [0.2, 0.25) is 0 Å². The van der Waals surface area contributed by atoms with Gasteiger partial charge in [0.05, 0.1) is 17.3 Å². The molecule has 7 nitrogen and oxygen atoms in total. The molecule has 0 saturated heterocycles. The number of esters is 1. The summed E-state index contributed by atoms with van der Waals surface area (Å²) in [6.07, 6.45) is 1.70. The van der Waals surface area contributed by atoms with Crippen LogP contribution in [-0.4, -0.2) is 33.3 Å². The molecule has 1 amide bonds. The molecule has 0 fully saturated rings. The number of halogens is 1. The first-order valence-electron chi connectivity index (χ1n) is 7.34. The Labute approximate surface area is 146 Å². The van der Waals surface area contributed by atoms with E-state index < -0.39 is 17.7 Å². The van der Waals surface area contributed by atoms with E-state index in [1.807, 2.05) is 0 Å². The summed E-state index contributed by atoms with van der Waals surface area (Å²) < 4.78 is 22.3. The molecule has 2 aromatic heterocycles. The monoisotopic (exact) mass is 362 g/mol. The van der Waals surface area contributed by atoms with Crippen LogP contribution in [0.1, 0.15) is 16.1 Å². The van der Waals surface area contributed by atoms with Gasteiger partial charge in [-0.05, 0) is 19.1 Å². The number of ether oxygens (including phenoxy) is 1. The summed E-state index contributed by atoms with van der Waals surface area (Å²) in [6, 6.07) is 4.55. The number of amides is 1. The standard InChI is InChI=1S/C16H15FN4O3S/c1-9-7-20(2)19-13(9)15(23)18-16-21(8-12(22)24-3)14-10(17)5-4-6-11(14)25-16/h4-7H,8H2,1-3H3. The molecule has 25 heavy (non-hydrogen) atoms. The fourth-order valence-corrected chi connectivity index (χ4v) is 3.51. The van der Waals surface area contributed by atoms with Gasteiger partial charge in [-0.1, -0.05) is 17.4 Å². The Balaban J connectivity index is 2.19. The Hall–Kier alpha value is -2.81. The number of rotatable bonds is 3. The minimum absolute atomic E-state index is 0.209. The number of fused-ring (bicyclic) bond motifs is 1. The summed E-state index contributed by atoms with van der Waals surface area (Å²) in [5.74, 6) is -1.62. The number of thiazole rings is 1. The van der Waals surface area contributed by atoms with Crippen LogP contribution in [0.3, 0.4) is 0 Å². The van der Waals surface area contributed by atoms with Crippen molar-refractivity contribution in [1.82, 2.24) is 14.3 Å². The van der Waals surface area contributed by atoms with E-state index in [1.165, 1.54) is 22.4 Å². The number of hydrogen-bond donors (Lipinski definition) is 0. The Morgan fingerprint density at radius 3 is 2.80 bits per heavy atom. The highest BCUT2D eigenvalue weighted by molar-refractivity contribution is 7.16. The van der Waals surface area contributed by atoms with Crippen molar-refractivity contribution in [2.24, 2.45) is 12.0 Å². The lowest BCUT2D eigenvalue weighted by Crippen LogP contribution is -2.23. The summed E-state index contributed by atoms with van der Waals surface area (Å²) in [7, 11) is 2.95. The number of para-hydroxylation sites is 1. The Bertz CT molecular complexity index is 1050. The van der Waals surface area contributed by atoms with E-state index in [4.69, 9.17) is 0 Å². The van der Waals surface area contributed by atoms with Crippen LogP contribution >= 0.6 is 11.3 Å². The number of methoxy groups -OCH3 is 1. The fraction of sp³-hybridized carbons (Fsp3) is 0.250. The zero-order chi connectivity index (χ0) is 18.1. The SMILES string of the molecule is COC(=O)Cn1c(=NC(=O)c2nn(C)cc2C)sc2cccc(F)c21. The summed E-state index contributed by atoms with van der Waals surface area (Å²) in [5, 5.41) is 4.09. The quantitative estimate of drug-likeness (QED) is 0.666. The van der Waals surface area contributed by atoms with Crippen LogP contribution in [0.5, 0.6) is 0 Å². The van der Waals surface area contributed by atoms with Crippen LogP contribution in [0.2, 0.25) is 0 Å². The summed E-state index contributed by atoms with van der Waals surface area (Å²) >= 11 is 1.12. The number of hydrogen-bond acceptors (Lipinski definition) is 5. The molecular weight excluding hydrogens is 347 g/mol. The zero-order valence-electron chi connectivity index (χ0n) is 13.8. The van der Waals surface area contributed by atoms with Crippen molar-refractivity contribution in [1.29, 1.82) is 0 Å². The van der Waals surface area contributed by atoms with Crippen molar-refractivity contribution >= 4 is 33.4 Å². The Kier molecular flexibility index (Phi) is 4.49. The number of carbonyl (C=O) groups is 2. The van der Waals surface area contributed by atoms with Gasteiger partial charge in [0.15, 0.2) is 10.5 Å². The molecule has 0 bridgehead atoms. The highest BCUT2D eigenvalue weighted by atomic mass is 32.1. The number of nitrogens with zero attached hydrogens (tertiary/aromatic N) is 4. The topological polar surface area (TPSA) is 78.5 Å². The highest BCUT2D eigenvalue weighted by Crippen LogP contribution is 2.20. The Morgan fingerprint density at radius 2 is 2.16 bits per heavy atom. The van der Waals surface area contributed by atoms with Gasteiger partial charge in [-0.2, -0.15) is 10.1 Å². The second-order valence-corrected chi connectivity index (χ2v) is 6.39. The van der Waals surface area contributed by atoms with Crippen molar-refractivity contribution < 1.29 is 18.7 Å². The van der Waals surface area contributed by atoms with Gasteiger partial charge in [-0.25, -0.2) is 4.39 Å². The van der Waals surface area contributed by atoms with E-state index in [0.717, 1.165) is 11.3 Å². The van der Waals surface area contributed by atoms with E-state index in [-0.39, 0.29) is 22.6 Å². The molecule has 0 aliphatic heterocycles. The molecule has 0 aliphatic carbocycles. The predicted octanol–water partition coefficient (Wildman–Crippen LogP) is 1.80. The van der Waals surface area contributed by atoms with E-state index in [2.05, 4.69) is 14.8 Å². The molecule has 0 radical (unpaired) electrons. The number of carbonyl (C=O) groups excluding carboxylic acids is 2. The van der Waals surface area contributed by atoms with Crippen molar-refractivity contribution in [2.75, 3.05) is 7.11 Å². The maximum absolute atomic E-state index is 14.2. The second kappa shape index (κ2) is 6.60. The normalized spacial score (nSPS) is 11.9. The number of benzene rings is 1. The number of aryl methyl sites for hydroxylation is 2. The molecule has 3 rings (SSSR count). The van der Waals surface area contributed by atoms with Gasteiger partial charge < -0.3 is 9.30 Å². The van der Waals surface area contributed by atoms with Gasteiger partial charge >= 0.3 is 5.97 Å². The van der Waals surface area contributed by atoms with Crippen LogP contribution < -0.4 is 4.80 Å². The molecule has 0 N–H and O–H groups in total. The summed E-state index contributed by atoms with van der Waals surface area (Å²) in [6.45, 7) is 1.51. The lowest BCUT2D eigenvalue weighted by Gasteiger charge is -2.04. The molecule has 0 saturated carbocycles. The largest absolute Gasteiger partial charge is 0.468 e. The molecular formula is C16H15FN4O3S. The average molecular weight is 362 g/mol. The fourth-order valence-electron chi connectivity index (χ4n) is 2.47. The maximum Gasteiger partial charge on any atom is 0.325 e. The van der Waals surface area contributed by atoms with Gasteiger partial charge in [-0.3, -0.25) is 14.3 Å². The smallest absolute Gasteiger partial charge is 0.325 e. The lowest BCUT2D eigenvalue weighted by molar-refractivity contribution is -0.141. The third kappa shape index (κ3) is 3.22. The van der Waals surface area contributed by atoms with Gasteiger partial charge in [0, 0.05) is 18.8 Å². The second-order valence-electron chi connectivity index (χ2n) is 5.38. The van der Waals surface area contributed by atoms with Crippen LogP contribution in [-0.2, 0) is 23.1 Å². The van der Waals surface area contributed by atoms with Crippen LogP contribution in [0, 0.1) is 12.7 Å². The lowest BCUT2D eigenvalue weighted by atomic mass is 10.3. The van der Waals surface area contributed by atoms with Crippen molar-refractivity contribution in [3.8, 4) is 0 Å². The minimum Gasteiger partial charge on any atom is -0.468 e. The molecule has 2 heterocycles. The van der Waals surface area contributed by atoms with E-state index >= 15 is 0 Å². The first-order chi connectivity index (χ1) is 11.9. The third-order valence-electron chi connectivity index (χ3n) is 3.58. The van der Waals surface area contributed by atoms with Crippen molar-refractivity contribution in [2.45, 2.75) is 13.5 Å². The first-order valence-corrected chi connectivity index (χ1v) is 8.16. The van der Waals surface area contributed by atoms with Gasteiger partial charge in [0.25, 0.3) is 5.91 Å². The molecule has 0 aliphatic rings. The average Bonchev–Trinajstić information content (AvgIpc) is 3.08. The molecule has 130 valence electrons. The van der Waals surface area contributed by atoms with E-state index in [0.29, 0.717) is 10.3 Å².